The summed E-state index contributed by atoms with van der Waals surface area (Å²) in [6.07, 6.45) is -3.45. The van der Waals surface area contributed by atoms with Gasteiger partial charge in [0.2, 0.25) is 0 Å². The minimum absolute atomic E-state index is 0.290. The first-order valence-corrected chi connectivity index (χ1v) is 5.07. The topological polar surface area (TPSA) is 21.3 Å². The van der Waals surface area contributed by atoms with E-state index >= 15 is 0 Å². The maximum atomic E-state index is 11.9. The Morgan fingerprint density at radius 2 is 2.06 bits per heavy atom. The van der Waals surface area contributed by atoms with Crippen molar-refractivity contribution in [2.45, 2.75) is 19.1 Å². The summed E-state index contributed by atoms with van der Waals surface area (Å²) in [6.45, 7) is 0.397. The highest BCUT2D eigenvalue weighted by molar-refractivity contribution is 5.37. The standard InChI is InChI=1S/C11H12F3NO/c12-11(13,14)7-16-10-2-1-9-6-15-4-3-8(9)5-10/h1-2,5,15H,3-4,6-7H2. The first kappa shape index (κ1) is 11.3. The monoisotopic (exact) mass is 231 g/mol. The number of alkyl halides is 3. The fraction of sp³-hybridized carbons (Fsp3) is 0.455. The molecule has 88 valence electrons. The van der Waals surface area contributed by atoms with Crippen molar-refractivity contribution in [3.05, 3.63) is 29.3 Å². The van der Waals surface area contributed by atoms with Crippen LogP contribution in [0.3, 0.4) is 0 Å². The first-order valence-electron chi connectivity index (χ1n) is 5.07. The molecule has 0 aromatic heterocycles. The van der Waals surface area contributed by atoms with Crippen molar-refractivity contribution in [2.75, 3.05) is 13.2 Å². The van der Waals surface area contributed by atoms with Gasteiger partial charge in [-0.2, -0.15) is 13.2 Å². The highest BCUT2D eigenvalue weighted by Gasteiger charge is 2.28. The molecular weight excluding hydrogens is 219 g/mol. The molecule has 0 unspecified atom stereocenters. The second-order valence-corrected chi connectivity index (χ2v) is 3.76. The summed E-state index contributed by atoms with van der Waals surface area (Å²) in [4.78, 5) is 0. The molecule has 1 aliphatic heterocycles. The summed E-state index contributed by atoms with van der Waals surface area (Å²) in [5, 5.41) is 3.20. The number of hydrogen-bond donors (Lipinski definition) is 1. The van der Waals surface area contributed by atoms with E-state index in [4.69, 9.17) is 4.74 Å². The van der Waals surface area contributed by atoms with Crippen LogP contribution in [0.4, 0.5) is 13.2 Å². The van der Waals surface area contributed by atoms with Crippen molar-refractivity contribution in [3.63, 3.8) is 0 Å². The van der Waals surface area contributed by atoms with Gasteiger partial charge in [-0.05, 0) is 36.2 Å². The van der Waals surface area contributed by atoms with Crippen LogP contribution in [-0.2, 0) is 13.0 Å². The van der Waals surface area contributed by atoms with Gasteiger partial charge in [-0.15, -0.1) is 0 Å². The van der Waals surface area contributed by atoms with Gasteiger partial charge >= 0.3 is 6.18 Å². The molecule has 1 aliphatic rings. The molecule has 0 spiro atoms. The Balaban J connectivity index is 2.06. The molecule has 2 rings (SSSR count). The summed E-state index contributed by atoms with van der Waals surface area (Å²) in [6, 6.07) is 5.09. The third-order valence-electron chi connectivity index (χ3n) is 2.47. The van der Waals surface area contributed by atoms with Crippen molar-refractivity contribution < 1.29 is 17.9 Å². The van der Waals surface area contributed by atoms with E-state index in [9.17, 15) is 13.2 Å². The highest BCUT2D eigenvalue weighted by Crippen LogP contribution is 2.23. The predicted molar refractivity (Wildman–Crippen MR) is 53.4 cm³/mol. The van der Waals surface area contributed by atoms with Crippen LogP contribution in [0.15, 0.2) is 18.2 Å². The Morgan fingerprint density at radius 3 is 2.81 bits per heavy atom. The molecule has 5 heteroatoms. The van der Waals surface area contributed by atoms with Crippen LogP contribution in [0, 0.1) is 0 Å². The number of rotatable bonds is 2. The fourth-order valence-corrected chi connectivity index (χ4v) is 1.71. The third-order valence-corrected chi connectivity index (χ3v) is 2.47. The molecule has 1 aromatic carbocycles. The largest absolute Gasteiger partial charge is 0.484 e. The van der Waals surface area contributed by atoms with E-state index in [2.05, 4.69) is 5.32 Å². The van der Waals surface area contributed by atoms with Crippen LogP contribution >= 0.6 is 0 Å². The van der Waals surface area contributed by atoms with Crippen LogP contribution in [0.2, 0.25) is 0 Å². The number of halogens is 3. The van der Waals surface area contributed by atoms with Crippen LogP contribution in [0.25, 0.3) is 0 Å². The molecule has 0 bridgehead atoms. The Morgan fingerprint density at radius 1 is 1.25 bits per heavy atom. The van der Waals surface area contributed by atoms with Gasteiger partial charge in [0.05, 0.1) is 0 Å². The van der Waals surface area contributed by atoms with Crippen LogP contribution in [0.5, 0.6) is 5.75 Å². The van der Waals surface area contributed by atoms with Gasteiger partial charge in [-0.1, -0.05) is 6.07 Å². The van der Waals surface area contributed by atoms with E-state index in [0.29, 0.717) is 0 Å². The summed E-state index contributed by atoms with van der Waals surface area (Å²) in [5.74, 6) is 0.290. The van der Waals surface area contributed by atoms with Gasteiger partial charge in [0, 0.05) is 6.54 Å². The zero-order chi connectivity index (χ0) is 11.6. The van der Waals surface area contributed by atoms with Gasteiger partial charge in [-0.25, -0.2) is 0 Å². The van der Waals surface area contributed by atoms with E-state index in [0.717, 1.165) is 30.6 Å². The number of ether oxygens (including phenoxy) is 1. The second kappa shape index (κ2) is 4.33. The van der Waals surface area contributed by atoms with E-state index < -0.39 is 12.8 Å². The summed E-state index contributed by atoms with van der Waals surface area (Å²) in [7, 11) is 0. The molecule has 1 N–H and O–H groups in total. The van der Waals surface area contributed by atoms with Gasteiger partial charge in [0.15, 0.2) is 6.61 Å². The lowest BCUT2D eigenvalue weighted by molar-refractivity contribution is -0.153. The SMILES string of the molecule is FC(F)(F)COc1ccc2c(c1)CCNC2. The molecule has 1 aromatic rings. The van der Waals surface area contributed by atoms with Crippen LogP contribution in [0.1, 0.15) is 11.1 Å². The predicted octanol–water partition coefficient (Wildman–Crippen LogP) is 2.27. The average molecular weight is 231 g/mol. The number of nitrogens with one attached hydrogen (secondary N) is 1. The summed E-state index contributed by atoms with van der Waals surface area (Å²) in [5.41, 5.74) is 2.20. The van der Waals surface area contributed by atoms with Crippen molar-refractivity contribution in [2.24, 2.45) is 0 Å². The first-order chi connectivity index (χ1) is 7.54. The highest BCUT2D eigenvalue weighted by atomic mass is 19.4. The average Bonchev–Trinajstić information content (AvgIpc) is 2.25. The van der Waals surface area contributed by atoms with Crippen molar-refractivity contribution in [1.29, 1.82) is 0 Å². The van der Waals surface area contributed by atoms with Crippen LogP contribution < -0.4 is 10.1 Å². The number of hydrogen-bond acceptors (Lipinski definition) is 2. The van der Waals surface area contributed by atoms with Gasteiger partial charge < -0.3 is 10.1 Å². The summed E-state index contributed by atoms with van der Waals surface area (Å²) < 4.78 is 40.5. The second-order valence-electron chi connectivity index (χ2n) is 3.76. The van der Waals surface area contributed by atoms with E-state index in [1.807, 2.05) is 6.07 Å². The fourth-order valence-electron chi connectivity index (χ4n) is 1.71. The third kappa shape index (κ3) is 2.88. The molecule has 0 aliphatic carbocycles. The summed E-state index contributed by atoms with van der Waals surface area (Å²) >= 11 is 0. The van der Waals surface area contributed by atoms with Crippen molar-refractivity contribution in [3.8, 4) is 5.75 Å². The molecule has 0 radical (unpaired) electrons. The van der Waals surface area contributed by atoms with Crippen molar-refractivity contribution in [1.82, 2.24) is 5.32 Å². The Hall–Kier alpha value is -1.23. The molecule has 0 amide bonds. The number of fused-ring (bicyclic) bond motifs is 1. The lowest BCUT2D eigenvalue weighted by atomic mass is 10.0. The smallest absolute Gasteiger partial charge is 0.422 e. The molecule has 0 fully saturated rings. The molecule has 1 heterocycles. The zero-order valence-electron chi connectivity index (χ0n) is 8.60. The Kier molecular flexibility index (Phi) is 3.05. The molecule has 2 nitrogen and oxygen atoms in total. The van der Waals surface area contributed by atoms with E-state index in [1.165, 1.54) is 0 Å². The Labute approximate surface area is 91.4 Å². The molecular formula is C11H12F3NO. The lowest BCUT2D eigenvalue weighted by Gasteiger charge is -2.18. The molecule has 0 saturated carbocycles. The van der Waals surface area contributed by atoms with E-state index in [1.54, 1.807) is 12.1 Å². The maximum absolute atomic E-state index is 11.9. The Bertz CT molecular complexity index is 376. The molecule has 16 heavy (non-hydrogen) atoms. The minimum Gasteiger partial charge on any atom is -0.484 e. The quantitative estimate of drug-likeness (QED) is 0.843. The van der Waals surface area contributed by atoms with Crippen LogP contribution in [-0.4, -0.2) is 19.3 Å². The normalized spacial score (nSPS) is 15.7. The minimum atomic E-state index is -4.28. The lowest BCUT2D eigenvalue weighted by Crippen LogP contribution is -2.24. The van der Waals surface area contributed by atoms with Gasteiger partial charge in [0.1, 0.15) is 5.75 Å². The van der Waals surface area contributed by atoms with Crippen molar-refractivity contribution >= 4 is 0 Å². The molecule has 0 saturated heterocycles. The van der Waals surface area contributed by atoms with Gasteiger partial charge in [0.25, 0.3) is 0 Å². The molecule has 0 atom stereocenters. The number of benzene rings is 1. The zero-order valence-corrected chi connectivity index (χ0v) is 8.60. The van der Waals surface area contributed by atoms with Gasteiger partial charge in [-0.3, -0.25) is 0 Å². The maximum Gasteiger partial charge on any atom is 0.422 e. The van der Waals surface area contributed by atoms with E-state index in [-0.39, 0.29) is 5.75 Å².